The molecule has 122 valence electrons. The van der Waals surface area contributed by atoms with Gasteiger partial charge in [0.05, 0.1) is 13.2 Å². The van der Waals surface area contributed by atoms with Gasteiger partial charge in [0.15, 0.2) is 17.1 Å². The zero-order valence-electron chi connectivity index (χ0n) is 13.2. The maximum atomic E-state index is 12.3. The van der Waals surface area contributed by atoms with Crippen LogP contribution in [0.1, 0.15) is 37.0 Å². The van der Waals surface area contributed by atoms with E-state index in [-0.39, 0.29) is 36.6 Å². The SMILES string of the molecule is CC1CN(C(C)C)C[C@H]1NC(=O)c1cc(C2(O)COC2)on1. The zero-order valence-corrected chi connectivity index (χ0v) is 13.2. The van der Waals surface area contributed by atoms with Gasteiger partial charge in [-0.1, -0.05) is 12.1 Å². The molecule has 0 aliphatic carbocycles. The van der Waals surface area contributed by atoms with Gasteiger partial charge < -0.3 is 19.7 Å². The second-order valence-electron chi connectivity index (χ2n) is 6.71. The van der Waals surface area contributed by atoms with Gasteiger partial charge in [0.1, 0.15) is 0 Å². The van der Waals surface area contributed by atoms with E-state index < -0.39 is 5.60 Å². The number of nitrogens with one attached hydrogen (secondary N) is 1. The molecule has 2 N–H and O–H groups in total. The van der Waals surface area contributed by atoms with Gasteiger partial charge in [-0.3, -0.25) is 9.69 Å². The normalized spacial score (nSPS) is 27.9. The second-order valence-corrected chi connectivity index (χ2v) is 6.71. The average Bonchev–Trinajstić information content (AvgIpc) is 3.04. The molecule has 22 heavy (non-hydrogen) atoms. The molecule has 0 bridgehead atoms. The lowest BCUT2D eigenvalue weighted by Crippen LogP contribution is -2.46. The van der Waals surface area contributed by atoms with Crippen LogP contribution in [0.3, 0.4) is 0 Å². The molecule has 0 radical (unpaired) electrons. The van der Waals surface area contributed by atoms with Gasteiger partial charge >= 0.3 is 0 Å². The van der Waals surface area contributed by atoms with Crippen molar-refractivity contribution in [3.63, 3.8) is 0 Å². The van der Waals surface area contributed by atoms with Crippen molar-refractivity contribution in [3.05, 3.63) is 17.5 Å². The number of nitrogens with zero attached hydrogens (tertiary/aromatic N) is 2. The van der Waals surface area contributed by atoms with E-state index in [0.29, 0.717) is 12.0 Å². The van der Waals surface area contributed by atoms with Crippen LogP contribution in [0.15, 0.2) is 10.6 Å². The van der Waals surface area contributed by atoms with E-state index in [1.165, 1.54) is 6.07 Å². The first kappa shape index (κ1) is 15.5. The first-order valence-electron chi connectivity index (χ1n) is 7.71. The van der Waals surface area contributed by atoms with Gasteiger partial charge in [0.2, 0.25) is 0 Å². The first-order chi connectivity index (χ1) is 10.4. The van der Waals surface area contributed by atoms with Gasteiger partial charge in [-0.2, -0.15) is 0 Å². The zero-order chi connectivity index (χ0) is 15.9. The molecular weight excluding hydrogens is 286 g/mol. The predicted molar refractivity (Wildman–Crippen MR) is 78.3 cm³/mol. The summed E-state index contributed by atoms with van der Waals surface area (Å²) in [7, 11) is 0. The fourth-order valence-electron chi connectivity index (χ4n) is 2.90. The Hall–Kier alpha value is -1.44. The molecule has 3 heterocycles. The number of amides is 1. The van der Waals surface area contributed by atoms with Gasteiger partial charge in [-0.15, -0.1) is 0 Å². The Balaban J connectivity index is 1.63. The molecular formula is C15H23N3O4. The van der Waals surface area contributed by atoms with E-state index in [1.54, 1.807) is 0 Å². The highest BCUT2D eigenvalue weighted by Gasteiger charge is 2.42. The van der Waals surface area contributed by atoms with E-state index in [1.807, 2.05) is 0 Å². The van der Waals surface area contributed by atoms with Crippen LogP contribution in [0.25, 0.3) is 0 Å². The Labute approximate surface area is 129 Å². The summed E-state index contributed by atoms with van der Waals surface area (Å²) in [6.07, 6.45) is 0. The molecule has 2 atom stereocenters. The number of hydrogen-bond donors (Lipinski definition) is 2. The molecule has 7 heteroatoms. The highest BCUT2D eigenvalue weighted by Crippen LogP contribution is 2.29. The lowest BCUT2D eigenvalue weighted by molar-refractivity contribution is -0.195. The van der Waals surface area contributed by atoms with Crippen LogP contribution in [0.5, 0.6) is 0 Å². The molecule has 3 rings (SSSR count). The van der Waals surface area contributed by atoms with Crippen molar-refractivity contribution in [1.82, 2.24) is 15.4 Å². The Morgan fingerprint density at radius 1 is 1.50 bits per heavy atom. The first-order valence-corrected chi connectivity index (χ1v) is 7.71. The molecule has 1 aromatic rings. The molecule has 0 spiro atoms. The van der Waals surface area contributed by atoms with E-state index in [0.717, 1.165) is 13.1 Å². The third-order valence-corrected chi connectivity index (χ3v) is 4.57. The predicted octanol–water partition coefficient (Wildman–Crippen LogP) is 0.351. The maximum absolute atomic E-state index is 12.3. The molecule has 2 saturated heterocycles. The number of carbonyl (C=O) groups is 1. The van der Waals surface area contributed by atoms with Gasteiger partial charge in [0.25, 0.3) is 5.91 Å². The molecule has 1 unspecified atom stereocenters. The second kappa shape index (κ2) is 5.64. The van der Waals surface area contributed by atoms with E-state index in [4.69, 9.17) is 9.26 Å². The summed E-state index contributed by atoms with van der Waals surface area (Å²) in [5.41, 5.74) is -0.939. The maximum Gasteiger partial charge on any atom is 0.273 e. The van der Waals surface area contributed by atoms with Crippen molar-refractivity contribution in [2.24, 2.45) is 5.92 Å². The Morgan fingerprint density at radius 2 is 2.23 bits per heavy atom. The monoisotopic (exact) mass is 309 g/mol. The van der Waals surface area contributed by atoms with E-state index >= 15 is 0 Å². The molecule has 2 fully saturated rings. The number of aromatic nitrogens is 1. The van der Waals surface area contributed by atoms with Crippen molar-refractivity contribution in [2.45, 2.75) is 38.5 Å². The van der Waals surface area contributed by atoms with Crippen molar-refractivity contribution in [1.29, 1.82) is 0 Å². The van der Waals surface area contributed by atoms with Crippen LogP contribution in [0.2, 0.25) is 0 Å². The summed E-state index contributed by atoms with van der Waals surface area (Å²) < 4.78 is 10.1. The van der Waals surface area contributed by atoms with E-state index in [2.05, 4.69) is 36.1 Å². The van der Waals surface area contributed by atoms with Crippen LogP contribution < -0.4 is 5.32 Å². The molecule has 0 aromatic carbocycles. The smallest absolute Gasteiger partial charge is 0.273 e. The molecule has 2 aliphatic rings. The summed E-state index contributed by atoms with van der Waals surface area (Å²) >= 11 is 0. The van der Waals surface area contributed by atoms with Crippen LogP contribution in [-0.4, -0.2) is 59.5 Å². The largest absolute Gasteiger partial charge is 0.377 e. The topological polar surface area (TPSA) is 87.8 Å². The highest BCUT2D eigenvalue weighted by atomic mass is 16.6. The van der Waals surface area contributed by atoms with Crippen LogP contribution in [0, 0.1) is 5.92 Å². The summed E-state index contributed by atoms with van der Waals surface area (Å²) in [4.78, 5) is 14.6. The van der Waals surface area contributed by atoms with Crippen molar-refractivity contribution in [2.75, 3.05) is 26.3 Å². The van der Waals surface area contributed by atoms with Crippen molar-refractivity contribution in [3.8, 4) is 0 Å². The standard InChI is InChI=1S/C15H23N3O4/c1-9(2)18-5-10(3)12(6-18)16-14(19)11-4-13(22-17-11)15(20)7-21-8-15/h4,9-10,12,20H,5-8H2,1-3H3,(H,16,19)/t10?,12-/m1/s1. The average molecular weight is 309 g/mol. The summed E-state index contributed by atoms with van der Waals surface area (Å²) in [5, 5.41) is 16.9. The number of likely N-dealkylation sites (tertiary alicyclic amines) is 1. The summed E-state index contributed by atoms with van der Waals surface area (Å²) in [5.74, 6) is 0.412. The highest BCUT2D eigenvalue weighted by molar-refractivity contribution is 5.92. The molecule has 1 amide bonds. The van der Waals surface area contributed by atoms with Crippen molar-refractivity contribution >= 4 is 5.91 Å². The minimum atomic E-state index is -1.14. The van der Waals surface area contributed by atoms with E-state index in [9.17, 15) is 9.90 Å². The van der Waals surface area contributed by atoms with Crippen LogP contribution >= 0.6 is 0 Å². The molecule has 2 aliphatic heterocycles. The number of hydrogen-bond acceptors (Lipinski definition) is 6. The van der Waals surface area contributed by atoms with Gasteiger partial charge in [0, 0.05) is 31.2 Å². The van der Waals surface area contributed by atoms with Gasteiger partial charge in [-0.25, -0.2) is 0 Å². The molecule has 1 aromatic heterocycles. The van der Waals surface area contributed by atoms with Gasteiger partial charge in [-0.05, 0) is 19.8 Å². The fraction of sp³-hybridized carbons (Fsp3) is 0.733. The minimum Gasteiger partial charge on any atom is -0.377 e. The lowest BCUT2D eigenvalue weighted by atomic mass is 9.99. The lowest BCUT2D eigenvalue weighted by Gasteiger charge is -2.33. The van der Waals surface area contributed by atoms with Crippen LogP contribution in [-0.2, 0) is 10.3 Å². The third kappa shape index (κ3) is 2.76. The minimum absolute atomic E-state index is 0.102. The molecule has 7 nitrogen and oxygen atoms in total. The summed E-state index contributed by atoms with van der Waals surface area (Å²) in [6.45, 7) is 8.61. The third-order valence-electron chi connectivity index (χ3n) is 4.57. The number of carbonyl (C=O) groups excluding carboxylic acids is 1. The molecule has 0 saturated carbocycles. The number of ether oxygens (including phenoxy) is 1. The Bertz CT molecular complexity index is 553. The fourth-order valence-corrected chi connectivity index (χ4v) is 2.90. The van der Waals surface area contributed by atoms with Crippen LogP contribution in [0.4, 0.5) is 0 Å². The van der Waals surface area contributed by atoms with Crippen molar-refractivity contribution < 1.29 is 19.2 Å². The Morgan fingerprint density at radius 3 is 2.77 bits per heavy atom. The Kier molecular flexibility index (Phi) is 3.96. The number of rotatable bonds is 4. The quantitative estimate of drug-likeness (QED) is 0.834. The number of aliphatic hydroxyl groups is 1. The summed E-state index contributed by atoms with van der Waals surface area (Å²) in [6, 6.07) is 2.07.